The minimum absolute atomic E-state index is 0.143. The molecule has 2 saturated heterocycles. The lowest BCUT2D eigenvalue weighted by atomic mass is 10.1. The maximum atomic E-state index is 14.5. The molecule has 3 heterocycles. The number of likely N-dealkylation sites (N-methyl/N-ethyl adjacent to an activating group) is 2. The summed E-state index contributed by atoms with van der Waals surface area (Å²) in [7, 11) is 3.02. The van der Waals surface area contributed by atoms with Crippen LogP contribution in [0.5, 0.6) is 0 Å². The second-order valence-corrected chi connectivity index (χ2v) is 8.21. The van der Waals surface area contributed by atoms with Crippen LogP contribution in [0.4, 0.5) is 14.0 Å². The number of carbonyl (C=O) groups is 3. The lowest BCUT2D eigenvalue weighted by molar-refractivity contribution is -0.552. The largest absolute Gasteiger partial charge is 0.450 e. The van der Waals surface area contributed by atoms with Crippen LogP contribution in [-0.4, -0.2) is 113 Å². The number of ether oxygens (including phenoxy) is 1. The van der Waals surface area contributed by atoms with Gasteiger partial charge in [0.05, 0.1) is 6.61 Å². The van der Waals surface area contributed by atoms with Gasteiger partial charge in [0, 0.05) is 45.8 Å². The summed E-state index contributed by atoms with van der Waals surface area (Å²) >= 11 is 0. The number of hydrogen-bond acceptors (Lipinski definition) is 6. The molecule has 33 heavy (non-hydrogen) atoms. The highest BCUT2D eigenvalue weighted by Gasteiger charge is 2.53. The molecule has 1 atom stereocenters. The highest BCUT2D eigenvalue weighted by molar-refractivity contribution is 6.23. The van der Waals surface area contributed by atoms with Crippen LogP contribution in [0.1, 0.15) is 12.5 Å². The first-order valence-electron chi connectivity index (χ1n) is 11.0. The topological polar surface area (TPSA) is 88.8 Å². The van der Waals surface area contributed by atoms with Crippen LogP contribution in [0.25, 0.3) is 0 Å². The summed E-state index contributed by atoms with van der Waals surface area (Å²) in [4.78, 5) is 48.3. The van der Waals surface area contributed by atoms with Gasteiger partial charge in [0.1, 0.15) is 18.9 Å². The predicted octanol–water partition coefficient (Wildman–Crippen LogP) is 0.815. The van der Waals surface area contributed by atoms with Crippen molar-refractivity contribution in [2.75, 3.05) is 53.4 Å². The van der Waals surface area contributed by atoms with E-state index in [0.29, 0.717) is 56.6 Å². The van der Waals surface area contributed by atoms with Gasteiger partial charge in [-0.1, -0.05) is 18.2 Å². The average Bonchev–Trinajstić information content (AvgIpc) is 3.16. The Morgan fingerprint density at radius 3 is 2.52 bits per heavy atom. The molecule has 0 N–H and O–H groups in total. The van der Waals surface area contributed by atoms with Crippen LogP contribution in [0.3, 0.4) is 0 Å². The van der Waals surface area contributed by atoms with E-state index < -0.39 is 18.0 Å². The molecule has 11 heteroatoms. The Morgan fingerprint density at radius 2 is 1.85 bits per heavy atom. The van der Waals surface area contributed by atoms with Gasteiger partial charge in [0.25, 0.3) is 17.8 Å². The fourth-order valence-electron chi connectivity index (χ4n) is 4.27. The number of amidine groups is 2. The van der Waals surface area contributed by atoms with E-state index in [1.165, 1.54) is 18.0 Å². The number of hydrogen-bond donors (Lipinski definition) is 0. The first-order valence-corrected chi connectivity index (χ1v) is 11.0. The Morgan fingerprint density at radius 1 is 1.15 bits per heavy atom. The van der Waals surface area contributed by atoms with Crippen molar-refractivity contribution in [3.8, 4) is 0 Å². The Hall–Kier alpha value is -3.34. The fourth-order valence-corrected chi connectivity index (χ4v) is 4.27. The second kappa shape index (κ2) is 9.26. The zero-order valence-corrected chi connectivity index (χ0v) is 19.0. The van der Waals surface area contributed by atoms with Crippen molar-refractivity contribution in [2.45, 2.75) is 19.5 Å². The number of amides is 4. The zero-order chi connectivity index (χ0) is 23.7. The number of fused-ring (bicyclic) bond motifs is 1. The molecular formula is C22H28FN6O4+. The molecule has 0 spiro atoms. The van der Waals surface area contributed by atoms with Crippen LogP contribution in [0, 0.1) is 5.82 Å². The molecule has 3 aliphatic heterocycles. The molecule has 176 valence electrons. The summed E-state index contributed by atoms with van der Waals surface area (Å²) in [5.41, 5.74) is 0.439. The molecule has 10 nitrogen and oxygen atoms in total. The minimum Gasteiger partial charge on any atom is -0.450 e. The quantitative estimate of drug-likeness (QED) is 0.609. The predicted molar refractivity (Wildman–Crippen MR) is 118 cm³/mol. The molecule has 0 aromatic heterocycles. The van der Waals surface area contributed by atoms with Gasteiger partial charge < -0.3 is 9.64 Å². The Labute approximate surface area is 191 Å². The molecule has 0 aliphatic carbocycles. The van der Waals surface area contributed by atoms with Gasteiger partial charge in [0.2, 0.25) is 0 Å². The number of imide groups is 1. The molecule has 4 rings (SSSR count). The number of aliphatic imine (C=N–C) groups is 1. The summed E-state index contributed by atoms with van der Waals surface area (Å²) in [6, 6.07) is 5.17. The third-order valence-corrected chi connectivity index (χ3v) is 6.18. The first kappa shape index (κ1) is 22.8. The molecule has 0 bridgehead atoms. The van der Waals surface area contributed by atoms with E-state index in [2.05, 4.69) is 9.89 Å². The van der Waals surface area contributed by atoms with Gasteiger partial charge in [-0.15, -0.1) is 0 Å². The van der Waals surface area contributed by atoms with Crippen LogP contribution in [0.2, 0.25) is 0 Å². The molecule has 1 aromatic rings. The van der Waals surface area contributed by atoms with E-state index in [0.717, 1.165) is 4.90 Å². The lowest BCUT2D eigenvalue weighted by Crippen LogP contribution is -2.61. The summed E-state index contributed by atoms with van der Waals surface area (Å²) in [6.45, 7) is 4.89. The van der Waals surface area contributed by atoms with Crippen LogP contribution in [0.15, 0.2) is 29.3 Å². The zero-order valence-electron chi connectivity index (χ0n) is 19.0. The Kier molecular flexibility index (Phi) is 6.41. The van der Waals surface area contributed by atoms with Crippen LogP contribution >= 0.6 is 0 Å². The second-order valence-electron chi connectivity index (χ2n) is 8.21. The lowest BCUT2D eigenvalue weighted by Gasteiger charge is -2.33. The molecule has 0 radical (unpaired) electrons. The van der Waals surface area contributed by atoms with Gasteiger partial charge in [0.15, 0.2) is 0 Å². The molecule has 1 aromatic carbocycles. The Bertz CT molecular complexity index is 1030. The van der Waals surface area contributed by atoms with Crippen LogP contribution in [-0.2, 0) is 16.1 Å². The average molecular weight is 460 g/mol. The van der Waals surface area contributed by atoms with Gasteiger partial charge in [-0.3, -0.25) is 19.5 Å². The van der Waals surface area contributed by atoms with E-state index in [4.69, 9.17) is 4.74 Å². The van der Waals surface area contributed by atoms with Crippen LogP contribution < -0.4 is 0 Å². The molecule has 0 saturated carbocycles. The van der Waals surface area contributed by atoms with E-state index in [1.807, 2.05) is 0 Å². The number of piperazine rings is 1. The van der Waals surface area contributed by atoms with E-state index in [9.17, 15) is 18.8 Å². The number of benzene rings is 1. The van der Waals surface area contributed by atoms with Crippen molar-refractivity contribution in [3.05, 3.63) is 35.6 Å². The molecule has 3 aliphatic rings. The summed E-state index contributed by atoms with van der Waals surface area (Å²) in [5.74, 6) is 0.176. The smallest absolute Gasteiger partial charge is 0.409 e. The number of halogens is 1. The summed E-state index contributed by atoms with van der Waals surface area (Å²) < 4.78 is 21.3. The minimum atomic E-state index is -0.798. The molecule has 2 fully saturated rings. The maximum absolute atomic E-state index is 14.5. The fraction of sp³-hybridized carbons (Fsp3) is 0.500. The van der Waals surface area contributed by atoms with Crippen molar-refractivity contribution in [3.63, 3.8) is 0 Å². The third-order valence-electron chi connectivity index (χ3n) is 6.18. The van der Waals surface area contributed by atoms with Crippen molar-refractivity contribution in [2.24, 2.45) is 4.99 Å². The third kappa shape index (κ3) is 4.32. The first-order chi connectivity index (χ1) is 15.8. The summed E-state index contributed by atoms with van der Waals surface area (Å²) in [6.07, 6.45) is -0.327. The summed E-state index contributed by atoms with van der Waals surface area (Å²) in [5, 5.41) is 0. The number of carbonyl (C=O) groups excluding carboxylic acids is 3. The maximum Gasteiger partial charge on any atom is 0.409 e. The van der Waals surface area contributed by atoms with Crippen molar-refractivity contribution >= 4 is 29.7 Å². The van der Waals surface area contributed by atoms with Gasteiger partial charge in [-0.2, -0.15) is 0 Å². The molecule has 1 unspecified atom stereocenters. The SMILES string of the molecule is CCOC(=O)N1CCN(CC2=[N+](Cc3ccccc3F)C3C(=O)N(C)C(=O)N(C)C3=N2)CC1. The van der Waals surface area contributed by atoms with Gasteiger partial charge >= 0.3 is 18.0 Å². The highest BCUT2D eigenvalue weighted by Crippen LogP contribution is 2.22. The van der Waals surface area contributed by atoms with E-state index >= 15 is 0 Å². The highest BCUT2D eigenvalue weighted by atomic mass is 19.1. The van der Waals surface area contributed by atoms with Crippen molar-refractivity contribution in [1.29, 1.82) is 0 Å². The monoisotopic (exact) mass is 459 g/mol. The number of nitrogens with zero attached hydrogens (tertiary/aromatic N) is 6. The molecule has 4 amide bonds. The standard InChI is InChI=1S/C22H28FN6O4/c1-4-33-22(32)28-11-9-27(10-12-28)14-17-24-19-18(20(30)26(3)21(31)25(19)2)29(17)13-15-7-5-6-8-16(15)23/h5-8,18H,4,9-14H2,1-3H3/q+1. The van der Waals surface area contributed by atoms with Crippen molar-refractivity contribution < 1.29 is 28.1 Å². The normalized spacial score (nSPS) is 21.5. The number of urea groups is 1. The molecular weight excluding hydrogens is 431 g/mol. The number of rotatable bonds is 5. The van der Waals surface area contributed by atoms with Gasteiger partial charge in [-0.25, -0.2) is 18.6 Å². The van der Waals surface area contributed by atoms with Gasteiger partial charge in [-0.05, 0) is 18.0 Å². The van der Waals surface area contributed by atoms with E-state index in [1.54, 1.807) is 41.6 Å². The van der Waals surface area contributed by atoms with Crippen molar-refractivity contribution in [1.82, 2.24) is 19.6 Å². The van der Waals surface area contributed by atoms with E-state index in [-0.39, 0.29) is 18.5 Å². The Balaban J connectivity index is 1.60.